The molecule has 0 radical (unpaired) electrons. The summed E-state index contributed by atoms with van der Waals surface area (Å²) >= 11 is 0. The molecule has 6 nitrogen and oxygen atoms in total. The van der Waals surface area contributed by atoms with Crippen LogP contribution >= 0.6 is 0 Å². The van der Waals surface area contributed by atoms with Gasteiger partial charge in [0, 0.05) is 17.2 Å². The molecule has 1 aromatic rings. The highest BCUT2D eigenvalue weighted by atomic mass is 16.5. The second kappa shape index (κ2) is 5.63. The number of benzene rings is 1. The number of rotatable bonds is 3. The number of nitrogens with zero attached hydrogens (tertiary/aromatic N) is 1. The first-order valence-electron chi connectivity index (χ1n) is 6.73. The fourth-order valence-corrected chi connectivity index (χ4v) is 2.08. The van der Waals surface area contributed by atoms with Crippen LogP contribution in [0.25, 0.3) is 0 Å². The van der Waals surface area contributed by atoms with Crippen molar-refractivity contribution in [2.24, 2.45) is 4.99 Å². The Morgan fingerprint density at radius 3 is 2.52 bits per heavy atom. The Morgan fingerprint density at radius 2 is 1.95 bits per heavy atom. The lowest BCUT2D eigenvalue weighted by atomic mass is 10.1. The third-order valence-electron chi connectivity index (χ3n) is 2.98. The van der Waals surface area contributed by atoms with Crippen LogP contribution < -0.4 is 20.1 Å². The van der Waals surface area contributed by atoms with Gasteiger partial charge in [0.25, 0.3) is 5.91 Å². The Labute approximate surface area is 124 Å². The van der Waals surface area contributed by atoms with Crippen molar-refractivity contribution < 1.29 is 14.3 Å². The predicted molar refractivity (Wildman–Crippen MR) is 80.8 cm³/mol. The maximum absolute atomic E-state index is 12.1. The highest BCUT2D eigenvalue weighted by Crippen LogP contribution is 2.33. The predicted octanol–water partition coefficient (Wildman–Crippen LogP) is 1.62. The first-order valence-corrected chi connectivity index (χ1v) is 6.73. The number of hydrogen-bond donors (Lipinski definition) is 2. The summed E-state index contributed by atoms with van der Waals surface area (Å²) in [5, 5.41) is 5.91. The lowest BCUT2D eigenvalue weighted by molar-refractivity contribution is -0.120. The van der Waals surface area contributed by atoms with Crippen LogP contribution in [0.5, 0.6) is 11.5 Å². The normalized spacial score (nSPS) is 18.0. The molecule has 2 rings (SSSR count). The van der Waals surface area contributed by atoms with E-state index in [0.29, 0.717) is 23.0 Å². The molecule has 0 aromatic heterocycles. The molecule has 114 valence electrons. The van der Waals surface area contributed by atoms with Gasteiger partial charge in [-0.25, -0.2) is 4.99 Å². The molecule has 0 spiro atoms. The first-order chi connectivity index (χ1) is 9.84. The molecule has 1 atom stereocenters. The standard InChI is InChI=1S/C15H21N3O3/c1-15(2,3)18-14-16-12(13(19)17-14)10-7-6-9(20-4)8-11(10)21-5/h6-8,12H,1-5H3,(H2,16,17,18,19). The van der Waals surface area contributed by atoms with E-state index in [9.17, 15) is 4.79 Å². The number of ether oxygens (including phenoxy) is 2. The number of carbonyl (C=O) groups excluding carboxylic acids is 1. The van der Waals surface area contributed by atoms with Gasteiger partial charge in [-0.1, -0.05) is 0 Å². The molecule has 1 amide bonds. The van der Waals surface area contributed by atoms with Gasteiger partial charge in [0.1, 0.15) is 11.5 Å². The van der Waals surface area contributed by atoms with E-state index in [1.165, 1.54) is 0 Å². The molecule has 0 aliphatic carbocycles. The second-order valence-corrected chi connectivity index (χ2v) is 5.85. The quantitative estimate of drug-likeness (QED) is 0.887. The molecule has 6 heteroatoms. The van der Waals surface area contributed by atoms with E-state index in [1.807, 2.05) is 20.8 Å². The van der Waals surface area contributed by atoms with Crippen LogP contribution in [0.3, 0.4) is 0 Å². The topological polar surface area (TPSA) is 72.0 Å². The van der Waals surface area contributed by atoms with Crippen LogP contribution in [-0.4, -0.2) is 31.6 Å². The SMILES string of the molecule is COc1ccc(C2N=C(NC(C)(C)C)NC2=O)c(OC)c1. The summed E-state index contributed by atoms with van der Waals surface area (Å²) in [4.78, 5) is 16.6. The minimum atomic E-state index is -0.615. The lowest BCUT2D eigenvalue weighted by Gasteiger charge is -2.21. The van der Waals surface area contributed by atoms with Crippen LogP contribution in [0.4, 0.5) is 0 Å². The smallest absolute Gasteiger partial charge is 0.256 e. The van der Waals surface area contributed by atoms with E-state index in [4.69, 9.17) is 9.47 Å². The van der Waals surface area contributed by atoms with E-state index in [1.54, 1.807) is 32.4 Å². The average Bonchev–Trinajstić information content (AvgIpc) is 2.76. The Kier molecular flexibility index (Phi) is 4.06. The van der Waals surface area contributed by atoms with Gasteiger partial charge in [0.05, 0.1) is 14.2 Å². The number of aliphatic imine (C=N–C) groups is 1. The van der Waals surface area contributed by atoms with Crippen molar-refractivity contribution in [3.05, 3.63) is 23.8 Å². The molecular formula is C15H21N3O3. The summed E-state index contributed by atoms with van der Waals surface area (Å²) < 4.78 is 10.5. The van der Waals surface area contributed by atoms with Gasteiger partial charge >= 0.3 is 0 Å². The Morgan fingerprint density at radius 1 is 1.24 bits per heavy atom. The van der Waals surface area contributed by atoms with Crippen molar-refractivity contribution in [3.8, 4) is 11.5 Å². The molecule has 0 saturated heterocycles. The van der Waals surface area contributed by atoms with Gasteiger partial charge in [-0.15, -0.1) is 0 Å². The molecular weight excluding hydrogens is 270 g/mol. The summed E-state index contributed by atoms with van der Waals surface area (Å²) in [5.41, 5.74) is 0.534. The summed E-state index contributed by atoms with van der Waals surface area (Å²) in [6, 6.07) is 4.71. The van der Waals surface area contributed by atoms with E-state index < -0.39 is 6.04 Å². The van der Waals surface area contributed by atoms with Gasteiger partial charge in [-0.3, -0.25) is 10.1 Å². The lowest BCUT2D eigenvalue weighted by Crippen LogP contribution is -2.46. The Bertz CT molecular complexity index is 576. The number of carbonyl (C=O) groups is 1. The maximum Gasteiger partial charge on any atom is 0.256 e. The van der Waals surface area contributed by atoms with Crippen LogP contribution in [-0.2, 0) is 4.79 Å². The zero-order chi connectivity index (χ0) is 15.6. The summed E-state index contributed by atoms with van der Waals surface area (Å²) in [6.07, 6.45) is 0. The third kappa shape index (κ3) is 3.45. The average molecular weight is 291 g/mol. The van der Waals surface area contributed by atoms with E-state index in [-0.39, 0.29) is 11.4 Å². The molecule has 2 N–H and O–H groups in total. The highest BCUT2D eigenvalue weighted by molar-refractivity contribution is 6.05. The molecule has 0 bridgehead atoms. The second-order valence-electron chi connectivity index (χ2n) is 5.85. The van der Waals surface area contributed by atoms with Crippen molar-refractivity contribution in [2.45, 2.75) is 32.4 Å². The zero-order valence-corrected chi connectivity index (χ0v) is 13.0. The van der Waals surface area contributed by atoms with Gasteiger partial charge in [0.2, 0.25) is 0 Å². The molecule has 0 saturated carbocycles. The first kappa shape index (κ1) is 15.2. The van der Waals surface area contributed by atoms with Crippen molar-refractivity contribution >= 4 is 11.9 Å². The van der Waals surface area contributed by atoms with E-state index in [2.05, 4.69) is 15.6 Å². The number of guanidine groups is 1. The highest BCUT2D eigenvalue weighted by Gasteiger charge is 2.31. The minimum Gasteiger partial charge on any atom is -0.497 e. The van der Waals surface area contributed by atoms with Crippen LogP contribution in [0, 0.1) is 0 Å². The maximum atomic E-state index is 12.1. The molecule has 21 heavy (non-hydrogen) atoms. The molecule has 1 aliphatic heterocycles. The molecule has 1 heterocycles. The zero-order valence-electron chi connectivity index (χ0n) is 13.0. The minimum absolute atomic E-state index is 0.176. The van der Waals surface area contributed by atoms with Gasteiger partial charge in [0.15, 0.2) is 12.0 Å². The number of hydrogen-bond acceptors (Lipinski definition) is 5. The summed E-state index contributed by atoms with van der Waals surface area (Å²) in [6.45, 7) is 6.01. The van der Waals surface area contributed by atoms with Crippen molar-refractivity contribution in [1.82, 2.24) is 10.6 Å². The monoisotopic (exact) mass is 291 g/mol. The van der Waals surface area contributed by atoms with Crippen molar-refractivity contribution in [3.63, 3.8) is 0 Å². The fourth-order valence-electron chi connectivity index (χ4n) is 2.08. The van der Waals surface area contributed by atoms with E-state index in [0.717, 1.165) is 0 Å². The molecule has 1 aliphatic rings. The largest absolute Gasteiger partial charge is 0.497 e. The fraction of sp³-hybridized carbons (Fsp3) is 0.467. The summed E-state index contributed by atoms with van der Waals surface area (Å²) in [7, 11) is 3.14. The molecule has 0 fully saturated rings. The van der Waals surface area contributed by atoms with E-state index >= 15 is 0 Å². The number of nitrogens with one attached hydrogen (secondary N) is 2. The van der Waals surface area contributed by atoms with Gasteiger partial charge in [-0.05, 0) is 32.9 Å². The summed E-state index contributed by atoms with van der Waals surface area (Å²) in [5.74, 6) is 1.56. The Hall–Kier alpha value is -2.24. The van der Waals surface area contributed by atoms with Crippen LogP contribution in [0.15, 0.2) is 23.2 Å². The number of amides is 1. The van der Waals surface area contributed by atoms with Gasteiger partial charge < -0.3 is 14.8 Å². The Balaban J connectivity index is 2.31. The molecule has 1 aromatic carbocycles. The van der Waals surface area contributed by atoms with Crippen LogP contribution in [0.1, 0.15) is 32.4 Å². The van der Waals surface area contributed by atoms with Crippen molar-refractivity contribution in [2.75, 3.05) is 14.2 Å². The third-order valence-corrected chi connectivity index (χ3v) is 2.98. The number of methoxy groups -OCH3 is 2. The molecule has 1 unspecified atom stereocenters. The van der Waals surface area contributed by atoms with Gasteiger partial charge in [-0.2, -0.15) is 0 Å². The van der Waals surface area contributed by atoms with Crippen molar-refractivity contribution in [1.29, 1.82) is 0 Å². The van der Waals surface area contributed by atoms with Crippen LogP contribution in [0.2, 0.25) is 0 Å².